The summed E-state index contributed by atoms with van der Waals surface area (Å²) in [5, 5.41) is 3.16. The predicted molar refractivity (Wildman–Crippen MR) is 61.5 cm³/mol. The van der Waals surface area contributed by atoms with E-state index in [4.69, 9.17) is 9.47 Å². The molecule has 1 N–H and O–H groups in total. The van der Waals surface area contributed by atoms with E-state index in [1.165, 1.54) is 6.33 Å². The average molecular weight is 225 g/mol. The zero-order chi connectivity index (χ0) is 11.8. The van der Waals surface area contributed by atoms with Crippen molar-refractivity contribution >= 4 is 0 Å². The monoisotopic (exact) mass is 225 g/mol. The van der Waals surface area contributed by atoms with Crippen LogP contribution in [0, 0.1) is 0 Å². The van der Waals surface area contributed by atoms with Crippen LogP contribution < -0.4 is 10.1 Å². The van der Waals surface area contributed by atoms with E-state index in [1.807, 2.05) is 13.1 Å². The number of nitrogens with zero attached hydrogens (tertiary/aromatic N) is 2. The van der Waals surface area contributed by atoms with Crippen LogP contribution >= 0.6 is 0 Å². The first-order chi connectivity index (χ1) is 7.81. The first kappa shape index (κ1) is 12.9. The Balaban J connectivity index is 2.62. The van der Waals surface area contributed by atoms with E-state index >= 15 is 0 Å². The van der Waals surface area contributed by atoms with Crippen LogP contribution in [0.2, 0.25) is 0 Å². The number of hydrogen-bond acceptors (Lipinski definition) is 5. The van der Waals surface area contributed by atoms with Gasteiger partial charge in [0.25, 0.3) is 0 Å². The van der Waals surface area contributed by atoms with Crippen molar-refractivity contribution in [2.45, 2.75) is 19.4 Å². The maximum absolute atomic E-state index is 5.50. The van der Waals surface area contributed by atoms with Crippen LogP contribution in [-0.2, 0) is 4.74 Å². The number of rotatable bonds is 7. The second-order valence-corrected chi connectivity index (χ2v) is 3.40. The molecule has 1 unspecified atom stereocenters. The molecule has 1 rings (SSSR count). The maximum atomic E-state index is 5.50. The lowest BCUT2D eigenvalue weighted by atomic mass is 10.2. The SMILES string of the molecule is CCCOCC(NC)c1cc(OC)ncn1. The Labute approximate surface area is 96.2 Å². The maximum Gasteiger partial charge on any atom is 0.216 e. The normalized spacial score (nSPS) is 12.4. The molecule has 1 aromatic heterocycles. The van der Waals surface area contributed by atoms with Gasteiger partial charge < -0.3 is 14.8 Å². The highest BCUT2D eigenvalue weighted by molar-refractivity contribution is 5.16. The molecule has 0 saturated carbocycles. The van der Waals surface area contributed by atoms with Crippen molar-refractivity contribution < 1.29 is 9.47 Å². The van der Waals surface area contributed by atoms with E-state index in [0.717, 1.165) is 18.7 Å². The smallest absolute Gasteiger partial charge is 0.216 e. The first-order valence-corrected chi connectivity index (χ1v) is 5.42. The summed E-state index contributed by atoms with van der Waals surface area (Å²) in [5.41, 5.74) is 0.880. The number of methoxy groups -OCH3 is 1. The average Bonchev–Trinajstić information content (AvgIpc) is 2.35. The molecule has 0 amide bonds. The van der Waals surface area contributed by atoms with Crippen molar-refractivity contribution in [2.24, 2.45) is 0 Å². The standard InChI is InChI=1S/C11H19N3O2/c1-4-5-16-7-10(12-2)9-6-11(15-3)14-8-13-9/h6,8,10,12H,4-5,7H2,1-3H3. The summed E-state index contributed by atoms with van der Waals surface area (Å²) in [6.07, 6.45) is 2.52. The van der Waals surface area contributed by atoms with Gasteiger partial charge in [0.2, 0.25) is 5.88 Å². The molecule has 0 spiro atoms. The van der Waals surface area contributed by atoms with Gasteiger partial charge in [-0.25, -0.2) is 9.97 Å². The Morgan fingerprint density at radius 3 is 2.88 bits per heavy atom. The van der Waals surface area contributed by atoms with Crippen molar-refractivity contribution in [3.8, 4) is 5.88 Å². The van der Waals surface area contributed by atoms with Crippen LogP contribution in [0.3, 0.4) is 0 Å². The van der Waals surface area contributed by atoms with Gasteiger partial charge in [-0.05, 0) is 13.5 Å². The minimum atomic E-state index is 0.0726. The van der Waals surface area contributed by atoms with Crippen LogP contribution in [0.5, 0.6) is 5.88 Å². The van der Waals surface area contributed by atoms with E-state index in [2.05, 4.69) is 22.2 Å². The quantitative estimate of drug-likeness (QED) is 0.706. The van der Waals surface area contributed by atoms with Gasteiger partial charge in [0.05, 0.1) is 25.5 Å². The summed E-state index contributed by atoms with van der Waals surface area (Å²) in [6, 6.07) is 1.89. The molecule has 16 heavy (non-hydrogen) atoms. The molecule has 0 bridgehead atoms. The zero-order valence-electron chi connectivity index (χ0n) is 10.1. The van der Waals surface area contributed by atoms with Crippen molar-refractivity contribution in [3.63, 3.8) is 0 Å². The van der Waals surface area contributed by atoms with Crippen LogP contribution in [0.1, 0.15) is 25.1 Å². The summed E-state index contributed by atoms with van der Waals surface area (Å²) in [5.74, 6) is 0.570. The molecule has 0 aliphatic rings. The van der Waals surface area contributed by atoms with Crippen LogP contribution in [0.4, 0.5) is 0 Å². The fraction of sp³-hybridized carbons (Fsp3) is 0.636. The molecule has 90 valence electrons. The molecule has 5 heteroatoms. The fourth-order valence-electron chi connectivity index (χ4n) is 1.32. The Kier molecular flexibility index (Phi) is 5.74. The fourth-order valence-corrected chi connectivity index (χ4v) is 1.32. The highest BCUT2D eigenvalue weighted by Crippen LogP contribution is 2.14. The summed E-state index contributed by atoms with van der Waals surface area (Å²) in [7, 11) is 3.47. The van der Waals surface area contributed by atoms with Gasteiger partial charge in [-0.3, -0.25) is 0 Å². The number of aromatic nitrogens is 2. The molecule has 1 heterocycles. The van der Waals surface area contributed by atoms with Gasteiger partial charge >= 0.3 is 0 Å². The Hall–Kier alpha value is -1.20. The summed E-state index contributed by atoms with van der Waals surface area (Å²) in [6.45, 7) is 3.45. The third-order valence-corrected chi connectivity index (χ3v) is 2.21. The Bertz CT molecular complexity index is 307. The van der Waals surface area contributed by atoms with Crippen LogP contribution in [0.15, 0.2) is 12.4 Å². The van der Waals surface area contributed by atoms with Gasteiger partial charge in [0, 0.05) is 12.7 Å². The Morgan fingerprint density at radius 1 is 1.44 bits per heavy atom. The summed E-state index contributed by atoms with van der Waals surface area (Å²) >= 11 is 0. The minimum absolute atomic E-state index is 0.0726. The topological polar surface area (TPSA) is 56.3 Å². The van der Waals surface area contributed by atoms with Gasteiger partial charge in [0.1, 0.15) is 6.33 Å². The van der Waals surface area contributed by atoms with E-state index < -0.39 is 0 Å². The third-order valence-electron chi connectivity index (χ3n) is 2.21. The molecular weight excluding hydrogens is 206 g/mol. The van der Waals surface area contributed by atoms with Gasteiger partial charge in [-0.1, -0.05) is 6.92 Å². The van der Waals surface area contributed by atoms with E-state index in [0.29, 0.717) is 12.5 Å². The summed E-state index contributed by atoms with van der Waals surface area (Å²) < 4.78 is 10.6. The minimum Gasteiger partial charge on any atom is -0.481 e. The molecule has 0 saturated heterocycles. The number of hydrogen-bond donors (Lipinski definition) is 1. The van der Waals surface area contributed by atoms with Gasteiger partial charge in [-0.2, -0.15) is 0 Å². The first-order valence-electron chi connectivity index (χ1n) is 5.42. The van der Waals surface area contributed by atoms with E-state index in [1.54, 1.807) is 7.11 Å². The molecule has 0 radical (unpaired) electrons. The Morgan fingerprint density at radius 2 is 2.25 bits per heavy atom. The predicted octanol–water partition coefficient (Wildman–Crippen LogP) is 1.17. The molecule has 0 aliphatic heterocycles. The van der Waals surface area contributed by atoms with Crippen molar-refractivity contribution in [2.75, 3.05) is 27.4 Å². The molecule has 0 aromatic carbocycles. The lowest BCUT2D eigenvalue weighted by Crippen LogP contribution is -2.23. The highest BCUT2D eigenvalue weighted by Gasteiger charge is 2.11. The number of nitrogens with one attached hydrogen (secondary N) is 1. The largest absolute Gasteiger partial charge is 0.481 e. The van der Waals surface area contributed by atoms with Crippen molar-refractivity contribution in [3.05, 3.63) is 18.1 Å². The van der Waals surface area contributed by atoms with Gasteiger partial charge in [0.15, 0.2) is 0 Å². The molecule has 1 aromatic rings. The van der Waals surface area contributed by atoms with Crippen LogP contribution in [-0.4, -0.2) is 37.3 Å². The molecule has 0 fully saturated rings. The molecule has 0 aliphatic carbocycles. The van der Waals surface area contributed by atoms with E-state index in [9.17, 15) is 0 Å². The highest BCUT2D eigenvalue weighted by atomic mass is 16.5. The summed E-state index contributed by atoms with van der Waals surface area (Å²) in [4.78, 5) is 8.17. The number of ether oxygens (including phenoxy) is 2. The zero-order valence-corrected chi connectivity index (χ0v) is 10.1. The second-order valence-electron chi connectivity index (χ2n) is 3.40. The van der Waals surface area contributed by atoms with Crippen LogP contribution in [0.25, 0.3) is 0 Å². The molecular formula is C11H19N3O2. The third kappa shape index (κ3) is 3.75. The molecule has 1 atom stereocenters. The lowest BCUT2D eigenvalue weighted by Gasteiger charge is -2.15. The van der Waals surface area contributed by atoms with Gasteiger partial charge in [-0.15, -0.1) is 0 Å². The number of likely N-dealkylation sites (N-methyl/N-ethyl adjacent to an activating group) is 1. The van der Waals surface area contributed by atoms with Crippen molar-refractivity contribution in [1.29, 1.82) is 0 Å². The molecule has 5 nitrogen and oxygen atoms in total. The van der Waals surface area contributed by atoms with Crippen molar-refractivity contribution in [1.82, 2.24) is 15.3 Å². The second kappa shape index (κ2) is 7.14. The van der Waals surface area contributed by atoms with E-state index in [-0.39, 0.29) is 6.04 Å². The lowest BCUT2D eigenvalue weighted by molar-refractivity contribution is 0.113.